The third kappa shape index (κ3) is 3.68. The molecule has 0 fully saturated rings. The molecule has 0 saturated carbocycles. The van der Waals surface area contributed by atoms with Gasteiger partial charge in [-0.15, -0.1) is 6.58 Å². The third-order valence-electron chi connectivity index (χ3n) is 3.50. The van der Waals surface area contributed by atoms with Gasteiger partial charge in [0, 0.05) is 10.7 Å². The normalized spacial score (nSPS) is 13.5. The summed E-state index contributed by atoms with van der Waals surface area (Å²) in [6.45, 7) is 5.03. The molecule has 0 heterocycles. The smallest absolute Gasteiger partial charge is 0.223 e. The van der Waals surface area contributed by atoms with Gasteiger partial charge in [-0.25, -0.2) is 21.2 Å². The molecule has 0 aliphatic carbocycles. The summed E-state index contributed by atoms with van der Waals surface area (Å²) in [6.07, 6.45) is 1.21. The van der Waals surface area contributed by atoms with E-state index in [1.165, 1.54) is 37.3 Å². The molecule has 4 nitrogen and oxygen atoms in total. The topological polar surface area (TPSA) is 68.3 Å². The molecular formula is C16H14ClFO4S2. The molecule has 0 bridgehead atoms. The SMILES string of the molecule is C=CC(c1ccc(F)cc1)S(=O)(=O)c1ccc(C)c(S(=O)(=O)Cl)c1. The summed E-state index contributed by atoms with van der Waals surface area (Å²) in [7, 11) is -2.72. The quantitative estimate of drug-likeness (QED) is 0.577. The van der Waals surface area contributed by atoms with Crippen LogP contribution in [0.2, 0.25) is 0 Å². The van der Waals surface area contributed by atoms with Gasteiger partial charge in [-0.3, -0.25) is 0 Å². The molecule has 0 radical (unpaired) electrons. The average molecular weight is 389 g/mol. The Morgan fingerprint density at radius 2 is 1.67 bits per heavy atom. The Labute approximate surface area is 144 Å². The third-order valence-corrected chi connectivity index (χ3v) is 7.01. The molecule has 128 valence electrons. The first kappa shape index (κ1) is 18.6. The number of sulfone groups is 1. The minimum Gasteiger partial charge on any atom is -0.223 e. The van der Waals surface area contributed by atoms with Crippen LogP contribution in [0.25, 0.3) is 0 Å². The minimum absolute atomic E-state index is 0.207. The first-order valence-electron chi connectivity index (χ1n) is 6.74. The second-order valence-corrected chi connectivity index (χ2v) is 9.72. The van der Waals surface area contributed by atoms with Crippen molar-refractivity contribution in [1.82, 2.24) is 0 Å². The van der Waals surface area contributed by atoms with Crippen LogP contribution >= 0.6 is 10.7 Å². The molecule has 0 amide bonds. The van der Waals surface area contributed by atoms with Gasteiger partial charge in [0.2, 0.25) is 0 Å². The summed E-state index contributed by atoms with van der Waals surface area (Å²) in [6, 6.07) is 8.66. The number of rotatable bonds is 5. The summed E-state index contributed by atoms with van der Waals surface area (Å²) >= 11 is 0. The fourth-order valence-electron chi connectivity index (χ4n) is 2.26. The second-order valence-electron chi connectivity index (χ2n) is 5.12. The highest BCUT2D eigenvalue weighted by atomic mass is 35.7. The lowest BCUT2D eigenvalue weighted by molar-refractivity contribution is 0.589. The predicted octanol–water partition coefficient (Wildman–Crippen LogP) is 3.76. The van der Waals surface area contributed by atoms with Gasteiger partial charge in [-0.1, -0.05) is 24.3 Å². The van der Waals surface area contributed by atoms with Crippen LogP contribution in [0.1, 0.15) is 16.4 Å². The summed E-state index contributed by atoms with van der Waals surface area (Å²) < 4.78 is 61.9. The number of benzene rings is 2. The van der Waals surface area contributed by atoms with E-state index in [9.17, 15) is 21.2 Å². The lowest BCUT2D eigenvalue weighted by Gasteiger charge is -2.15. The van der Waals surface area contributed by atoms with E-state index in [0.717, 1.165) is 18.2 Å². The largest absolute Gasteiger partial charge is 0.261 e. The molecule has 0 spiro atoms. The Balaban J connectivity index is 2.61. The summed E-state index contributed by atoms with van der Waals surface area (Å²) in [4.78, 5) is -0.478. The van der Waals surface area contributed by atoms with E-state index in [1.807, 2.05) is 0 Å². The standard InChI is InChI=1S/C16H14ClFO4S2/c1-3-15(12-5-7-13(18)8-6-12)23(19,20)14-9-4-11(2)16(10-14)24(17,21)22/h3-10,15H,1H2,2H3. The van der Waals surface area contributed by atoms with Gasteiger partial charge in [0.25, 0.3) is 9.05 Å². The van der Waals surface area contributed by atoms with Crippen LogP contribution in [0.5, 0.6) is 0 Å². The van der Waals surface area contributed by atoms with E-state index in [2.05, 4.69) is 6.58 Å². The Morgan fingerprint density at radius 3 is 2.17 bits per heavy atom. The molecule has 0 aliphatic heterocycles. The average Bonchev–Trinajstić information content (AvgIpc) is 2.48. The highest BCUT2D eigenvalue weighted by Gasteiger charge is 2.28. The van der Waals surface area contributed by atoms with Crippen molar-refractivity contribution in [2.75, 3.05) is 0 Å². The minimum atomic E-state index is -4.09. The second kappa shape index (κ2) is 6.66. The van der Waals surface area contributed by atoms with Gasteiger partial charge in [-0.05, 0) is 42.3 Å². The lowest BCUT2D eigenvalue weighted by Crippen LogP contribution is -2.12. The number of halogens is 2. The van der Waals surface area contributed by atoms with Crippen molar-refractivity contribution >= 4 is 29.6 Å². The number of aryl methyl sites for hydroxylation is 1. The maximum atomic E-state index is 13.0. The Morgan fingerprint density at radius 1 is 1.08 bits per heavy atom. The Kier molecular flexibility index (Phi) is 5.17. The van der Waals surface area contributed by atoms with Gasteiger partial charge >= 0.3 is 0 Å². The zero-order chi connectivity index (χ0) is 18.1. The Bertz CT molecular complexity index is 981. The fraction of sp³-hybridized carbons (Fsp3) is 0.125. The maximum Gasteiger partial charge on any atom is 0.261 e. The molecule has 1 unspecified atom stereocenters. The maximum absolute atomic E-state index is 13.0. The number of hydrogen-bond donors (Lipinski definition) is 0. The van der Waals surface area contributed by atoms with Crippen LogP contribution in [0.15, 0.2) is 64.9 Å². The van der Waals surface area contributed by atoms with Gasteiger partial charge in [0.1, 0.15) is 11.1 Å². The predicted molar refractivity (Wildman–Crippen MR) is 90.7 cm³/mol. The van der Waals surface area contributed by atoms with Crippen LogP contribution < -0.4 is 0 Å². The highest BCUT2D eigenvalue weighted by molar-refractivity contribution is 8.13. The van der Waals surface area contributed by atoms with Crippen molar-refractivity contribution in [3.63, 3.8) is 0 Å². The molecule has 0 aliphatic rings. The number of hydrogen-bond acceptors (Lipinski definition) is 4. The first-order chi connectivity index (χ1) is 11.1. The van der Waals surface area contributed by atoms with Gasteiger partial charge in [0.05, 0.1) is 9.79 Å². The molecule has 24 heavy (non-hydrogen) atoms. The van der Waals surface area contributed by atoms with Crippen molar-refractivity contribution in [1.29, 1.82) is 0 Å². The van der Waals surface area contributed by atoms with Crippen molar-refractivity contribution < 1.29 is 21.2 Å². The van der Waals surface area contributed by atoms with E-state index in [-0.39, 0.29) is 9.79 Å². The Hall–Kier alpha value is -1.70. The van der Waals surface area contributed by atoms with Crippen LogP contribution in [-0.2, 0) is 18.9 Å². The summed E-state index contributed by atoms with van der Waals surface area (Å²) in [5, 5.41) is -1.15. The zero-order valence-electron chi connectivity index (χ0n) is 12.6. The van der Waals surface area contributed by atoms with Crippen molar-refractivity contribution in [2.45, 2.75) is 22.0 Å². The van der Waals surface area contributed by atoms with Gasteiger partial charge in [0.15, 0.2) is 9.84 Å². The molecule has 2 aromatic carbocycles. The van der Waals surface area contributed by atoms with E-state index >= 15 is 0 Å². The molecule has 8 heteroatoms. The van der Waals surface area contributed by atoms with E-state index in [0.29, 0.717) is 11.1 Å². The van der Waals surface area contributed by atoms with Crippen molar-refractivity contribution in [3.8, 4) is 0 Å². The van der Waals surface area contributed by atoms with Crippen molar-refractivity contribution in [2.24, 2.45) is 0 Å². The van der Waals surface area contributed by atoms with Crippen LogP contribution in [-0.4, -0.2) is 16.8 Å². The van der Waals surface area contributed by atoms with Crippen molar-refractivity contribution in [3.05, 3.63) is 72.1 Å². The molecule has 0 aromatic heterocycles. The first-order valence-corrected chi connectivity index (χ1v) is 10.6. The molecule has 0 saturated heterocycles. The van der Waals surface area contributed by atoms with E-state index in [4.69, 9.17) is 10.7 Å². The molecular weight excluding hydrogens is 375 g/mol. The van der Waals surface area contributed by atoms with E-state index in [1.54, 1.807) is 0 Å². The summed E-state index contributed by atoms with van der Waals surface area (Å²) in [5.74, 6) is -0.496. The van der Waals surface area contributed by atoms with Crippen LogP contribution in [0, 0.1) is 12.7 Å². The summed E-state index contributed by atoms with van der Waals surface area (Å²) in [5.41, 5.74) is 0.656. The lowest BCUT2D eigenvalue weighted by atomic mass is 10.1. The van der Waals surface area contributed by atoms with E-state index < -0.39 is 30.0 Å². The molecule has 2 rings (SSSR count). The molecule has 1 atom stereocenters. The molecule has 0 N–H and O–H groups in total. The van der Waals surface area contributed by atoms with Gasteiger partial charge in [-0.2, -0.15) is 0 Å². The molecule has 2 aromatic rings. The fourth-order valence-corrected chi connectivity index (χ4v) is 5.16. The van der Waals surface area contributed by atoms with Crippen LogP contribution in [0.4, 0.5) is 4.39 Å². The van der Waals surface area contributed by atoms with Gasteiger partial charge < -0.3 is 0 Å². The highest BCUT2D eigenvalue weighted by Crippen LogP contribution is 2.32. The van der Waals surface area contributed by atoms with Crippen LogP contribution in [0.3, 0.4) is 0 Å². The zero-order valence-corrected chi connectivity index (χ0v) is 15.0. The monoisotopic (exact) mass is 388 g/mol.